The van der Waals surface area contributed by atoms with Gasteiger partial charge in [0.1, 0.15) is 11.3 Å². The van der Waals surface area contributed by atoms with E-state index in [1.807, 2.05) is 36.4 Å². The Morgan fingerprint density at radius 1 is 0.744 bits per heavy atom. The average molecular weight is 523 g/mol. The van der Waals surface area contributed by atoms with Gasteiger partial charge in [0.25, 0.3) is 5.91 Å². The van der Waals surface area contributed by atoms with Gasteiger partial charge in [0.2, 0.25) is 0 Å². The Morgan fingerprint density at radius 2 is 1.38 bits per heavy atom. The van der Waals surface area contributed by atoms with Crippen LogP contribution in [0.2, 0.25) is 0 Å². The van der Waals surface area contributed by atoms with Gasteiger partial charge < -0.3 is 9.64 Å². The van der Waals surface area contributed by atoms with Crippen LogP contribution in [0.5, 0.6) is 11.5 Å². The summed E-state index contributed by atoms with van der Waals surface area (Å²) in [6.07, 6.45) is 2.94. The molecule has 0 spiro atoms. The lowest BCUT2D eigenvalue weighted by atomic mass is 10.0. The molecule has 0 bridgehead atoms. The molecule has 4 aromatic carbocycles. The fourth-order valence-corrected chi connectivity index (χ4v) is 4.83. The first-order chi connectivity index (χ1) is 18.8. The number of aryl methyl sites for hydroxylation is 2. The van der Waals surface area contributed by atoms with Crippen LogP contribution in [-0.2, 0) is 24.2 Å². The summed E-state index contributed by atoms with van der Waals surface area (Å²) in [5.41, 5.74) is 2.77. The number of rotatable bonds is 9. The van der Waals surface area contributed by atoms with E-state index in [1.54, 1.807) is 55.1 Å². The van der Waals surface area contributed by atoms with Crippen molar-refractivity contribution in [3.63, 3.8) is 0 Å². The summed E-state index contributed by atoms with van der Waals surface area (Å²) in [6, 6.07) is 31.0. The molecule has 1 aliphatic rings. The molecule has 198 valence electrons. The summed E-state index contributed by atoms with van der Waals surface area (Å²) < 4.78 is 19.8. The summed E-state index contributed by atoms with van der Waals surface area (Å²) in [7, 11) is 0. The van der Waals surface area contributed by atoms with Crippen molar-refractivity contribution >= 4 is 17.6 Å². The van der Waals surface area contributed by atoms with Crippen molar-refractivity contribution in [3.8, 4) is 11.5 Å². The third kappa shape index (κ3) is 5.70. The molecule has 0 aliphatic carbocycles. The predicted octanol–water partition coefficient (Wildman–Crippen LogP) is 7.54. The monoisotopic (exact) mass is 522 g/mol. The Morgan fingerprint density at radius 3 is 2.10 bits per heavy atom. The highest BCUT2D eigenvalue weighted by atomic mass is 19.1. The van der Waals surface area contributed by atoms with Gasteiger partial charge in [0, 0.05) is 6.54 Å². The topological polar surface area (TPSA) is 49.9 Å². The SMILES string of the molecule is CC1(C)C(=O)N(c2ccc(CCCc3ccccc3)cc2)C(=O)N1Cc1cccc(Oc2ccccc2F)c1. The van der Waals surface area contributed by atoms with Crippen molar-refractivity contribution in [1.82, 2.24) is 4.90 Å². The summed E-state index contributed by atoms with van der Waals surface area (Å²) >= 11 is 0. The molecule has 0 N–H and O–H groups in total. The molecule has 0 aromatic heterocycles. The number of carbonyl (C=O) groups excluding carboxylic acids is 2. The molecule has 1 aliphatic heterocycles. The van der Waals surface area contributed by atoms with Crippen LogP contribution in [0.3, 0.4) is 0 Å². The number of para-hydroxylation sites is 1. The van der Waals surface area contributed by atoms with E-state index >= 15 is 0 Å². The Kier molecular flexibility index (Phi) is 7.46. The average Bonchev–Trinajstić information content (AvgIpc) is 3.10. The van der Waals surface area contributed by atoms with E-state index in [-0.39, 0.29) is 24.2 Å². The van der Waals surface area contributed by atoms with Gasteiger partial charge in [-0.1, -0.05) is 66.7 Å². The molecule has 1 saturated heterocycles. The molecule has 5 nitrogen and oxygen atoms in total. The van der Waals surface area contributed by atoms with E-state index in [0.29, 0.717) is 11.4 Å². The van der Waals surface area contributed by atoms with Crippen LogP contribution in [-0.4, -0.2) is 22.4 Å². The summed E-state index contributed by atoms with van der Waals surface area (Å²) in [5.74, 6) is -0.157. The van der Waals surface area contributed by atoms with Crippen LogP contribution in [0.1, 0.15) is 37.0 Å². The first kappa shape index (κ1) is 26.2. The zero-order valence-electron chi connectivity index (χ0n) is 22.1. The van der Waals surface area contributed by atoms with Crippen molar-refractivity contribution in [3.05, 3.63) is 126 Å². The van der Waals surface area contributed by atoms with E-state index in [9.17, 15) is 14.0 Å². The highest BCUT2D eigenvalue weighted by Crippen LogP contribution is 2.34. The van der Waals surface area contributed by atoms with Crippen molar-refractivity contribution in [2.24, 2.45) is 0 Å². The molecule has 1 fully saturated rings. The van der Waals surface area contributed by atoms with Crippen molar-refractivity contribution < 1.29 is 18.7 Å². The second-order valence-corrected chi connectivity index (χ2v) is 10.3. The Bertz CT molecular complexity index is 1470. The Balaban J connectivity index is 1.27. The number of halogens is 1. The minimum atomic E-state index is -1.03. The standard InChI is InChI=1S/C33H31FN2O3/c1-33(2)31(37)36(27-20-18-25(19-21-27)13-8-12-24-10-4-3-5-11-24)32(38)35(33)23-26-14-9-15-28(22-26)39-30-17-7-6-16-29(30)34/h3-7,9-11,14-22H,8,12-13,23H2,1-2H3. The number of nitrogens with zero attached hydrogens (tertiary/aromatic N) is 2. The van der Waals surface area contributed by atoms with E-state index in [1.165, 1.54) is 16.5 Å². The van der Waals surface area contributed by atoms with Gasteiger partial charge in [-0.3, -0.25) is 4.79 Å². The summed E-state index contributed by atoms with van der Waals surface area (Å²) in [6.45, 7) is 3.72. The minimum absolute atomic E-state index is 0.122. The lowest BCUT2D eigenvalue weighted by molar-refractivity contribution is -0.123. The molecule has 39 heavy (non-hydrogen) atoms. The molecule has 4 aromatic rings. The van der Waals surface area contributed by atoms with Gasteiger partial charge >= 0.3 is 6.03 Å². The largest absolute Gasteiger partial charge is 0.454 e. The smallest absolute Gasteiger partial charge is 0.332 e. The third-order valence-electron chi connectivity index (χ3n) is 7.10. The summed E-state index contributed by atoms with van der Waals surface area (Å²) in [4.78, 5) is 29.7. The van der Waals surface area contributed by atoms with Crippen LogP contribution in [0.25, 0.3) is 0 Å². The number of carbonyl (C=O) groups is 2. The van der Waals surface area contributed by atoms with Crippen LogP contribution < -0.4 is 9.64 Å². The molecule has 5 rings (SSSR count). The fourth-order valence-electron chi connectivity index (χ4n) is 4.83. The van der Waals surface area contributed by atoms with Crippen LogP contribution in [0.15, 0.2) is 103 Å². The number of anilines is 1. The first-order valence-electron chi connectivity index (χ1n) is 13.1. The lowest BCUT2D eigenvalue weighted by Gasteiger charge is -2.27. The Hall–Kier alpha value is -4.45. The highest BCUT2D eigenvalue weighted by Gasteiger charge is 2.51. The quantitative estimate of drug-likeness (QED) is 0.213. The minimum Gasteiger partial charge on any atom is -0.454 e. The van der Waals surface area contributed by atoms with Gasteiger partial charge in [0.05, 0.1) is 5.69 Å². The van der Waals surface area contributed by atoms with Gasteiger partial charge in [-0.15, -0.1) is 0 Å². The zero-order chi connectivity index (χ0) is 27.4. The van der Waals surface area contributed by atoms with Crippen molar-refractivity contribution in [1.29, 1.82) is 0 Å². The van der Waals surface area contributed by atoms with Crippen LogP contribution in [0.4, 0.5) is 14.9 Å². The normalized spacial score (nSPS) is 14.6. The molecular weight excluding hydrogens is 491 g/mol. The number of urea groups is 1. The van der Waals surface area contributed by atoms with E-state index in [2.05, 4.69) is 24.3 Å². The Labute approximate surface area is 228 Å². The van der Waals surface area contributed by atoms with Gasteiger partial charge in [-0.05, 0) is 86.2 Å². The highest BCUT2D eigenvalue weighted by molar-refractivity contribution is 6.22. The van der Waals surface area contributed by atoms with Crippen molar-refractivity contribution in [2.75, 3.05) is 4.90 Å². The van der Waals surface area contributed by atoms with Gasteiger partial charge in [-0.25, -0.2) is 14.1 Å². The van der Waals surface area contributed by atoms with E-state index < -0.39 is 11.4 Å². The maximum absolute atomic E-state index is 14.0. The van der Waals surface area contributed by atoms with Gasteiger partial charge in [0.15, 0.2) is 11.6 Å². The second-order valence-electron chi connectivity index (χ2n) is 10.3. The first-order valence-corrected chi connectivity index (χ1v) is 13.1. The predicted molar refractivity (Wildman–Crippen MR) is 150 cm³/mol. The summed E-state index contributed by atoms with van der Waals surface area (Å²) in [5, 5.41) is 0. The number of ether oxygens (including phenoxy) is 1. The molecule has 0 unspecified atom stereocenters. The zero-order valence-corrected chi connectivity index (χ0v) is 22.1. The number of amides is 3. The number of imide groups is 1. The maximum atomic E-state index is 14.0. The number of hydrogen-bond acceptors (Lipinski definition) is 3. The molecular formula is C33H31FN2O3. The van der Waals surface area contributed by atoms with E-state index in [4.69, 9.17) is 4.74 Å². The number of benzene rings is 4. The fraction of sp³-hybridized carbons (Fsp3) is 0.212. The molecule has 0 saturated carbocycles. The molecule has 0 atom stereocenters. The van der Waals surface area contributed by atoms with Crippen LogP contribution >= 0.6 is 0 Å². The van der Waals surface area contributed by atoms with Gasteiger partial charge in [-0.2, -0.15) is 0 Å². The second kappa shape index (κ2) is 11.1. The molecule has 1 heterocycles. The lowest BCUT2D eigenvalue weighted by Crippen LogP contribution is -2.43. The van der Waals surface area contributed by atoms with Crippen molar-refractivity contribution in [2.45, 2.75) is 45.2 Å². The molecule has 3 amide bonds. The number of hydrogen-bond donors (Lipinski definition) is 0. The van der Waals surface area contributed by atoms with E-state index in [0.717, 1.165) is 30.4 Å². The maximum Gasteiger partial charge on any atom is 0.332 e. The molecule has 0 radical (unpaired) electrons. The third-order valence-corrected chi connectivity index (χ3v) is 7.10. The van der Waals surface area contributed by atoms with Crippen LogP contribution in [0, 0.1) is 5.82 Å². The molecule has 6 heteroatoms.